The molecule has 0 radical (unpaired) electrons. The number of carbonyl (C=O) groups is 4. The zero-order valence-electron chi connectivity index (χ0n) is 21.9. The molecule has 3 fully saturated rings. The molecule has 5 aliphatic rings. The van der Waals surface area contributed by atoms with Crippen LogP contribution >= 0.6 is 11.6 Å². The Hall–Kier alpha value is -3.72. The zero-order valence-corrected chi connectivity index (χ0v) is 22.7. The van der Waals surface area contributed by atoms with Crippen LogP contribution in [0, 0.1) is 11.8 Å². The maximum absolute atomic E-state index is 13.1. The summed E-state index contributed by atoms with van der Waals surface area (Å²) in [4.78, 5) is 50.8. The third kappa shape index (κ3) is 4.46. The molecule has 4 amide bonds. The molecule has 2 saturated carbocycles. The molecule has 0 aromatic heterocycles. The van der Waals surface area contributed by atoms with Gasteiger partial charge in [-0.15, -0.1) is 0 Å². The second-order valence-electron chi connectivity index (χ2n) is 11.6. The first kappa shape index (κ1) is 25.3. The van der Waals surface area contributed by atoms with Gasteiger partial charge in [-0.3, -0.25) is 34.4 Å². The second-order valence-corrected chi connectivity index (χ2v) is 12.0. The van der Waals surface area contributed by atoms with E-state index in [9.17, 15) is 19.2 Å². The molecule has 2 N–H and O–H groups in total. The monoisotopic (exact) mass is 559 g/mol. The topological polar surface area (TPSA) is 111 Å². The molecule has 3 heterocycles. The Kier molecular flexibility index (Phi) is 6.14. The Morgan fingerprint density at radius 2 is 1.70 bits per heavy atom. The summed E-state index contributed by atoms with van der Waals surface area (Å²) >= 11 is 6.11. The number of halogens is 1. The average Bonchev–Trinajstić information content (AvgIpc) is 3.63. The first-order chi connectivity index (χ1) is 19.4. The second kappa shape index (κ2) is 9.73. The van der Waals surface area contributed by atoms with Crippen molar-refractivity contribution in [3.8, 4) is 0 Å². The Morgan fingerprint density at radius 3 is 2.42 bits per heavy atom. The van der Waals surface area contributed by atoms with E-state index >= 15 is 0 Å². The molecule has 2 atom stereocenters. The Bertz CT molecular complexity index is 1450. The van der Waals surface area contributed by atoms with Crippen LogP contribution < -0.4 is 10.6 Å². The summed E-state index contributed by atoms with van der Waals surface area (Å²) in [5, 5.41) is 13.8. The number of piperidine rings is 1. The molecule has 2 unspecified atom stereocenters. The number of carbonyl (C=O) groups excluding carboxylic acids is 4. The van der Waals surface area contributed by atoms with Crippen molar-refractivity contribution >= 4 is 46.6 Å². The molecule has 1 saturated heterocycles. The van der Waals surface area contributed by atoms with E-state index in [1.807, 2.05) is 12.1 Å². The van der Waals surface area contributed by atoms with Crippen LogP contribution in [0.3, 0.4) is 0 Å². The minimum Gasteiger partial charge on any atom is -0.385 e. The predicted molar refractivity (Wildman–Crippen MR) is 149 cm³/mol. The number of imide groups is 2. The van der Waals surface area contributed by atoms with E-state index in [1.165, 1.54) is 24.1 Å². The first-order valence-electron chi connectivity index (χ1n) is 14.1. The number of nitrogens with zero attached hydrogens (tertiary/aromatic N) is 3. The molecule has 2 aliphatic carbocycles. The van der Waals surface area contributed by atoms with Crippen molar-refractivity contribution in [1.29, 1.82) is 0 Å². The van der Waals surface area contributed by atoms with Crippen molar-refractivity contribution in [2.45, 2.75) is 56.5 Å². The molecule has 2 aromatic rings. The van der Waals surface area contributed by atoms with Gasteiger partial charge in [-0.2, -0.15) is 5.10 Å². The number of hydrazone groups is 1. The average molecular weight is 560 g/mol. The molecule has 2 aromatic carbocycles. The summed E-state index contributed by atoms with van der Waals surface area (Å²) < 4.78 is 0. The lowest BCUT2D eigenvalue weighted by molar-refractivity contribution is -0.136. The summed E-state index contributed by atoms with van der Waals surface area (Å²) in [5.41, 5.74) is 3.96. The van der Waals surface area contributed by atoms with Crippen molar-refractivity contribution in [3.63, 3.8) is 0 Å². The van der Waals surface area contributed by atoms with Crippen LogP contribution in [0.1, 0.15) is 70.7 Å². The minimum absolute atomic E-state index is 0.103. The van der Waals surface area contributed by atoms with E-state index in [-0.39, 0.29) is 24.3 Å². The van der Waals surface area contributed by atoms with Gasteiger partial charge >= 0.3 is 0 Å². The van der Waals surface area contributed by atoms with Gasteiger partial charge in [-0.1, -0.05) is 23.7 Å². The number of hydrogen-bond acceptors (Lipinski definition) is 7. The van der Waals surface area contributed by atoms with E-state index < -0.39 is 23.8 Å². The van der Waals surface area contributed by atoms with Gasteiger partial charge in [0.25, 0.3) is 11.8 Å². The van der Waals surface area contributed by atoms with Crippen molar-refractivity contribution < 1.29 is 19.2 Å². The van der Waals surface area contributed by atoms with E-state index in [0.29, 0.717) is 29.4 Å². The number of fused-ring (bicyclic) bond motifs is 1. The molecule has 3 aliphatic heterocycles. The van der Waals surface area contributed by atoms with Crippen LogP contribution in [-0.2, 0) is 9.59 Å². The largest absolute Gasteiger partial charge is 0.385 e. The third-order valence-electron chi connectivity index (χ3n) is 8.91. The van der Waals surface area contributed by atoms with E-state index in [1.54, 1.807) is 18.2 Å². The van der Waals surface area contributed by atoms with Gasteiger partial charge < -0.3 is 5.32 Å². The van der Waals surface area contributed by atoms with Crippen molar-refractivity contribution in [2.75, 3.05) is 18.4 Å². The number of amides is 4. The van der Waals surface area contributed by atoms with Gasteiger partial charge in [0.1, 0.15) is 6.04 Å². The van der Waals surface area contributed by atoms with Gasteiger partial charge in [-0.05, 0) is 79.8 Å². The lowest BCUT2D eigenvalue weighted by Gasteiger charge is -2.40. The maximum Gasteiger partial charge on any atom is 0.262 e. The highest BCUT2D eigenvalue weighted by molar-refractivity contribution is 6.30. The Morgan fingerprint density at radius 1 is 0.950 bits per heavy atom. The van der Waals surface area contributed by atoms with Gasteiger partial charge in [0.15, 0.2) is 0 Å². The smallest absolute Gasteiger partial charge is 0.262 e. The predicted octanol–water partition coefficient (Wildman–Crippen LogP) is 3.80. The third-order valence-corrected chi connectivity index (χ3v) is 9.16. The summed E-state index contributed by atoms with van der Waals surface area (Å²) in [6, 6.07) is 12.8. The van der Waals surface area contributed by atoms with E-state index in [0.717, 1.165) is 41.5 Å². The Balaban J connectivity index is 0.954. The molecule has 10 heteroatoms. The van der Waals surface area contributed by atoms with Crippen LogP contribution in [0.25, 0.3) is 0 Å². The molecule has 40 heavy (non-hydrogen) atoms. The fourth-order valence-electron chi connectivity index (χ4n) is 6.44. The minimum atomic E-state index is -0.957. The highest BCUT2D eigenvalue weighted by Crippen LogP contribution is 2.43. The van der Waals surface area contributed by atoms with Crippen molar-refractivity contribution in [3.05, 3.63) is 64.2 Å². The van der Waals surface area contributed by atoms with Gasteiger partial charge in [0, 0.05) is 42.2 Å². The number of nitrogens with one attached hydrogen (secondary N) is 2. The number of anilines is 1. The van der Waals surface area contributed by atoms with Crippen LogP contribution in [0.4, 0.5) is 5.69 Å². The van der Waals surface area contributed by atoms with Crippen LogP contribution in [0.15, 0.2) is 47.6 Å². The van der Waals surface area contributed by atoms with Crippen LogP contribution in [0.2, 0.25) is 5.02 Å². The molecular formula is C30H30ClN5O4. The van der Waals surface area contributed by atoms with Gasteiger partial charge in [-0.25, -0.2) is 0 Å². The summed E-state index contributed by atoms with van der Waals surface area (Å²) in [6.45, 7) is 1.69. The molecule has 0 spiro atoms. The number of benzene rings is 2. The first-order valence-corrected chi connectivity index (χ1v) is 14.4. The zero-order chi connectivity index (χ0) is 27.5. The summed E-state index contributed by atoms with van der Waals surface area (Å²) in [7, 11) is 0. The quantitative estimate of drug-likeness (QED) is 0.499. The SMILES string of the molecule is O=C1CCC(N2C(=O)c3ccc(NCC4CC(N5CC(c6ccc(Cl)cc6)C(C6CC6)=N5)C4)cc3C2=O)C(=O)N1. The molecule has 7 rings (SSSR count). The molecule has 9 nitrogen and oxygen atoms in total. The van der Waals surface area contributed by atoms with Crippen molar-refractivity contribution in [1.82, 2.24) is 15.2 Å². The number of rotatable bonds is 7. The van der Waals surface area contributed by atoms with E-state index in [2.05, 4.69) is 27.8 Å². The summed E-state index contributed by atoms with van der Waals surface area (Å²) in [6.07, 6.45) is 4.81. The van der Waals surface area contributed by atoms with Crippen molar-refractivity contribution in [2.24, 2.45) is 16.9 Å². The van der Waals surface area contributed by atoms with Gasteiger partial charge in [0.05, 0.1) is 16.8 Å². The van der Waals surface area contributed by atoms with E-state index in [4.69, 9.17) is 16.7 Å². The molecular weight excluding hydrogens is 530 g/mol. The highest BCUT2D eigenvalue weighted by atomic mass is 35.5. The molecule has 206 valence electrons. The normalized spacial score (nSPS) is 27.9. The fourth-order valence-corrected chi connectivity index (χ4v) is 6.57. The summed E-state index contributed by atoms with van der Waals surface area (Å²) in [5.74, 6) is -0.521. The van der Waals surface area contributed by atoms with Crippen LogP contribution in [-0.4, -0.2) is 64.4 Å². The number of hydrogen-bond donors (Lipinski definition) is 2. The Labute approximate surface area is 236 Å². The standard InChI is InChI=1S/C30H30ClN5O4/c31-19-5-3-17(4-6-19)24-15-35(34-27(24)18-1-2-18)21-11-16(12-21)14-32-20-7-8-22-23(13-20)30(40)36(29(22)39)25-9-10-26(37)33-28(25)38/h3-8,13,16,18,21,24-25,32H,1-2,9-12,14-15H2,(H,33,37,38). The van der Waals surface area contributed by atoms with Gasteiger partial charge in [0.2, 0.25) is 11.8 Å². The fraction of sp³-hybridized carbons (Fsp3) is 0.433. The lowest BCUT2D eigenvalue weighted by atomic mass is 9.79. The molecule has 0 bridgehead atoms. The maximum atomic E-state index is 13.1. The highest BCUT2D eigenvalue weighted by Gasteiger charge is 2.45. The van der Waals surface area contributed by atoms with Crippen LogP contribution in [0.5, 0.6) is 0 Å². The lowest BCUT2D eigenvalue weighted by Crippen LogP contribution is -2.54.